The summed E-state index contributed by atoms with van der Waals surface area (Å²) in [5, 5.41) is 0.453. The van der Waals surface area contributed by atoms with Gasteiger partial charge in [-0.1, -0.05) is 11.6 Å². The number of aromatic nitrogens is 1. The number of hydrogen-bond donors (Lipinski definition) is 0. The summed E-state index contributed by atoms with van der Waals surface area (Å²) >= 11 is 5.80. The van der Waals surface area contributed by atoms with Crippen LogP contribution in [0, 0.1) is 0 Å². The Morgan fingerprint density at radius 2 is 2.17 bits per heavy atom. The molecular weight excluding hydrogens is 258 g/mol. The van der Waals surface area contributed by atoms with Gasteiger partial charge in [0.1, 0.15) is 5.76 Å². The van der Waals surface area contributed by atoms with E-state index in [2.05, 4.69) is 4.74 Å². The van der Waals surface area contributed by atoms with Crippen molar-refractivity contribution in [2.45, 2.75) is 6.54 Å². The van der Waals surface area contributed by atoms with E-state index in [1.54, 1.807) is 6.07 Å². The molecule has 0 saturated carbocycles. The molecule has 0 N–H and O–H groups in total. The topological polar surface area (TPSA) is 61.4 Å². The molecule has 0 aliphatic rings. The number of ether oxygens (including phenoxy) is 1. The number of rotatable bonds is 3. The van der Waals surface area contributed by atoms with Gasteiger partial charge in [-0.15, -0.1) is 0 Å². The highest BCUT2D eigenvalue weighted by atomic mass is 35.5. The first-order valence-corrected chi connectivity index (χ1v) is 5.51. The van der Waals surface area contributed by atoms with Gasteiger partial charge in [0.2, 0.25) is 5.76 Å². The monoisotopic (exact) mass is 267 g/mol. The quantitative estimate of drug-likeness (QED) is 0.797. The Morgan fingerprint density at radius 1 is 1.39 bits per heavy atom. The predicted molar refractivity (Wildman–Crippen MR) is 64.9 cm³/mol. The average Bonchev–Trinajstić information content (AvgIpc) is 2.81. The molecule has 0 fully saturated rings. The Bertz CT molecular complexity index is 629. The van der Waals surface area contributed by atoms with Crippen LogP contribution >= 0.6 is 11.6 Å². The molecule has 0 spiro atoms. The lowest BCUT2D eigenvalue weighted by molar-refractivity contribution is 0.0563. The van der Waals surface area contributed by atoms with Crippen LogP contribution in [0.25, 0.3) is 0 Å². The number of carbonyl (C=O) groups excluding carboxylic acids is 1. The van der Waals surface area contributed by atoms with Crippen LogP contribution in [0.15, 0.2) is 39.7 Å². The zero-order valence-electron chi connectivity index (χ0n) is 9.55. The predicted octanol–water partition coefficient (Wildman–Crippen LogP) is 1.93. The third-order valence-electron chi connectivity index (χ3n) is 2.32. The van der Waals surface area contributed by atoms with Crippen molar-refractivity contribution in [3.63, 3.8) is 0 Å². The first kappa shape index (κ1) is 12.4. The van der Waals surface area contributed by atoms with E-state index in [0.29, 0.717) is 10.8 Å². The number of halogens is 1. The second-order valence-corrected chi connectivity index (χ2v) is 4.01. The van der Waals surface area contributed by atoms with Crippen molar-refractivity contribution >= 4 is 17.6 Å². The van der Waals surface area contributed by atoms with Gasteiger partial charge in [-0.25, -0.2) is 4.79 Å². The molecule has 94 valence electrons. The molecule has 2 rings (SSSR count). The lowest BCUT2D eigenvalue weighted by Gasteiger charge is -2.03. The summed E-state index contributed by atoms with van der Waals surface area (Å²) < 4.78 is 11.2. The summed E-state index contributed by atoms with van der Waals surface area (Å²) in [6.07, 6.45) is 1.50. The first-order valence-electron chi connectivity index (χ1n) is 5.13. The van der Waals surface area contributed by atoms with Crippen molar-refractivity contribution in [2.75, 3.05) is 7.11 Å². The van der Waals surface area contributed by atoms with Crippen LogP contribution in [0.2, 0.25) is 5.02 Å². The highest BCUT2D eigenvalue weighted by Gasteiger charge is 2.11. The van der Waals surface area contributed by atoms with E-state index >= 15 is 0 Å². The molecular formula is C12H10ClNO4. The van der Waals surface area contributed by atoms with Crippen LogP contribution in [-0.2, 0) is 11.3 Å². The number of esters is 1. The fourth-order valence-electron chi connectivity index (χ4n) is 1.47. The molecule has 6 heteroatoms. The SMILES string of the molecule is COC(=O)c1ccc(Cn2cc(Cl)ccc2=O)o1. The van der Waals surface area contributed by atoms with Gasteiger partial charge in [-0.3, -0.25) is 4.79 Å². The van der Waals surface area contributed by atoms with Crippen LogP contribution in [0.1, 0.15) is 16.3 Å². The molecule has 0 unspecified atom stereocenters. The van der Waals surface area contributed by atoms with Crippen LogP contribution in [0.3, 0.4) is 0 Å². The van der Waals surface area contributed by atoms with E-state index in [9.17, 15) is 9.59 Å². The molecule has 0 aromatic carbocycles. The third-order valence-corrected chi connectivity index (χ3v) is 2.55. The molecule has 2 aromatic heterocycles. The Labute approximate surface area is 108 Å². The zero-order chi connectivity index (χ0) is 13.1. The van der Waals surface area contributed by atoms with E-state index in [1.807, 2.05) is 0 Å². The van der Waals surface area contributed by atoms with Gasteiger partial charge in [0.15, 0.2) is 0 Å². The lowest BCUT2D eigenvalue weighted by atomic mass is 10.4. The largest absolute Gasteiger partial charge is 0.463 e. The van der Waals surface area contributed by atoms with E-state index in [1.165, 1.54) is 36.1 Å². The summed E-state index contributed by atoms with van der Waals surface area (Å²) in [7, 11) is 1.27. The molecule has 0 radical (unpaired) electrons. The number of nitrogens with zero attached hydrogens (tertiary/aromatic N) is 1. The van der Waals surface area contributed by atoms with Gasteiger partial charge < -0.3 is 13.7 Å². The van der Waals surface area contributed by atoms with Gasteiger partial charge in [0, 0.05) is 12.3 Å². The van der Waals surface area contributed by atoms with Gasteiger partial charge in [-0.05, 0) is 18.2 Å². The molecule has 0 saturated heterocycles. The summed E-state index contributed by atoms with van der Waals surface area (Å²) in [5.74, 6) is 0.0158. The minimum Gasteiger partial charge on any atom is -0.463 e. The second-order valence-electron chi connectivity index (χ2n) is 3.57. The van der Waals surface area contributed by atoms with Gasteiger partial charge >= 0.3 is 5.97 Å². The molecule has 2 heterocycles. The molecule has 18 heavy (non-hydrogen) atoms. The average molecular weight is 268 g/mol. The normalized spacial score (nSPS) is 10.3. The van der Waals surface area contributed by atoms with Gasteiger partial charge in [0.25, 0.3) is 5.56 Å². The fourth-order valence-corrected chi connectivity index (χ4v) is 1.65. The Balaban J connectivity index is 2.24. The molecule has 0 bridgehead atoms. The molecule has 0 aliphatic carbocycles. The maximum atomic E-state index is 11.5. The first-order chi connectivity index (χ1) is 8.60. The summed E-state index contributed by atoms with van der Waals surface area (Å²) in [6.45, 7) is 0.205. The highest BCUT2D eigenvalue weighted by Crippen LogP contribution is 2.11. The van der Waals surface area contributed by atoms with Crippen molar-refractivity contribution in [3.05, 3.63) is 57.4 Å². The molecule has 0 atom stereocenters. The molecule has 0 amide bonds. The summed E-state index contributed by atoms with van der Waals surface area (Å²) in [5.41, 5.74) is -0.199. The maximum absolute atomic E-state index is 11.5. The second kappa shape index (κ2) is 5.10. The number of pyridine rings is 1. The highest BCUT2D eigenvalue weighted by molar-refractivity contribution is 6.30. The van der Waals surface area contributed by atoms with Gasteiger partial charge in [0.05, 0.1) is 18.7 Å². The van der Waals surface area contributed by atoms with Crippen LogP contribution in [-0.4, -0.2) is 17.6 Å². The number of hydrogen-bond acceptors (Lipinski definition) is 4. The standard InChI is InChI=1S/C12H10ClNO4/c1-17-12(16)10-4-3-9(18-10)7-14-6-8(13)2-5-11(14)15/h2-6H,7H2,1H3. The third kappa shape index (κ3) is 2.62. The van der Waals surface area contributed by atoms with Crippen LogP contribution < -0.4 is 5.56 Å². The van der Waals surface area contributed by atoms with Crippen molar-refractivity contribution in [2.24, 2.45) is 0 Å². The van der Waals surface area contributed by atoms with Gasteiger partial charge in [-0.2, -0.15) is 0 Å². The Kier molecular flexibility index (Phi) is 3.53. The Morgan fingerprint density at radius 3 is 2.89 bits per heavy atom. The number of carbonyl (C=O) groups is 1. The number of furan rings is 1. The van der Waals surface area contributed by atoms with Crippen LogP contribution in [0.5, 0.6) is 0 Å². The maximum Gasteiger partial charge on any atom is 0.373 e. The minimum absolute atomic E-state index is 0.0996. The summed E-state index contributed by atoms with van der Waals surface area (Å²) in [6, 6.07) is 5.99. The van der Waals surface area contributed by atoms with E-state index in [0.717, 1.165) is 0 Å². The molecule has 2 aromatic rings. The Hall–Kier alpha value is -2.01. The van der Waals surface area contributed by atoms with Crippen molar-refractivity contribution < 1.29 is 13.9 Å². The molecule has 0 aliphatic heterocycles. The van der Waals surface area contributed by atoms with Crippen molar-refractivity contribution in [1.29, 1.82) is 0 Å². The van der Waals surface area contributed by atoms with Crippen molar-refractivity contribution in [1.82, 2.24) is 4.57 Å². The zero-order valence-corrected chi connectivity index (χ0v) is 10.3. The number of methoxy groups -OCH3 is 1. The van der Waals surface area contributed by atoms with Crippen molar-refractivity contribution in [3.8, 4) is 0 Å². The van der Waals surface area contributed by atoms with E-state index in [-0.39, 0.29) is 17.9 Å². The van der Waals surface area contributed by atoms with Crippen LogP contribution in [0.4, 0.5) is 0 Å². The smallest absolute Gasteiger partial charge is 0.373 e. The molecule has 5 nitrogen and oxygen atoms in total. The minimum atomic E-state index is -0.556. The summed E-state index contributed by atoms with van der Waals surface area (Å²) in [4.78, 5) is 22.7. The fraction of sp³-hybridized carbons (Fsp3) is 0.167. The van der Waals surface area contributed by atoms with E-state index < -0.39 is 5.97 Å². The lowest BCUT2D eigenvalue weighted by Crippen LogP contribution is -2.18. The van der Waals surface area contributed by atoms with E-state index in [4.69, 9.17) is 16.0 Å².